The second-order valence-corrected chi connectivity index (χ2v) is 8.51. The number of anilines is 1. The standard InChI is InChI=1S/C21H14ClN5O5S/c1-12-6-15(22)9-18-19(12)24-21(33-18)25(11-13-2-4-23-5-3-13)20(28)14-7-16(26(29)30)10-17(8-14)27(31)32/h2-10H,11H2,1H3. The molecule has 4 rings (SSSR count). The Balaban J connectivity index is 1.85. The molecule has 0 bridgehead atoms. The lowest BCUT2D eigenvalue weighted by Gasteiger charge is -2.20. The Labute approximate surface area is 195 Å². The third-order valence-corrected chi connectivity index (χ3v) is 6.02. The maximum atomic E-state index is 13.5. The Bertz CT molecular complexity index is 1380. The number of aromatic nitrogens is 2. The van der Waals surface area contributed by atoms with Gasteiger partial charge in [0.2, 0.25) is 0 Å². The van der Waals surface area contributed by atoms with Crippen LogP contribution in [-0.2, 0) is 6.54 Å². The molecular formula is C21H14ClN5O5S. The number of carbonyl (C=O) groups excluding carboxylic acids is 1. The summed E-state index contributed by atoms with van der Waals surface area (Å²) >= 11 is 7.38. The molecule has 0 spiro atoms. The van der Waals surface area contributed by atoms with Crippen LogP contribution in [0, 0.1) is 27.2 Å². The first-order valence-electron chi connectivity index (χ1n) is 9.44. The smallest absolute Gasteiger partial charge is 0.277 e. The molecule has 2 heterocycles. The number of fused-ring (bicyclic) bond motifs is 1. The number of non-ortho nitro benzene ring substituents is 2. The van der Waals surface area contributed by atoms with Crippen LogP contribution in [0.5, 0.6) is 0 Å². The summed E-state index contributed by atoms with van der Waals surface area (Å²) in [5, 5.41) is 23.4. The van der Waals surface area contributed by atoms with Crippen molar-refractivity contribution in [2.24, 2.45) is 0 Å². The molecule has 0 aliphatic rings. The van der Waals surface area contributed by atoms with E-state index < -0.39 is 27.1 Å². The highest BCUT2D eigenvalue weighted by atomic mass is 35.5. The molecule has 0 saturated heterocycles. The van der Waals surface area contributed by atoms with E-state index in [4.69, 9.17) is 11.6 Å². The molecule has 33 heavy (non-hydrogen) atoms. The Kier molecular flexibility index (Phi) is 5.99. The monoisotopic (exact) mass is 483 g/mol. The van der Waals surface area contributed by atoms with Gasteiger partial charge < -0.3 is 0 Å². The Morgan fingerprint density at radius 1 is 1.06 bits per heavy atom. The molecule has 2 aromatic heterocycles. The maximum absolute atomic E-state index is 13.5. The molecule has 0 fully saturated rings. The van der Waals surface area contributed by atoms with Gasteiger partial charge in [-0.3, -0.25) is 34.9 Å². The number of pyridine rings is 1. The molecule has 0 atom stereocenters. The van der Waals surface area contributed by atoms with Crippen molar-refractivity contribution in [1.29, 1.82) is 0 Å². The van der Waals surface area contributed by atoms with Gasteiger partial charge in [-0.15, -0.1) is 0 Å². The lowest BCUT2D eigenvalue weighted by Crippen LogP contribution is -2.30. The van der Waals surface area contributed by atoms with Gasteiger partial charge in [0.25, 0.3) is 17.3 Å². The van der Waals surface area contributed by atoms with E-state index in [9.17, 15) is 25.0 Å². The van der Waals surface area contributed by atoms with E-state index in [0.29, 0.717) is 15.7 Å². The lowest BCUT2D eigenvalue weighted by atomic mass is 10.1. The first kappa shape index (κ1) is 22.2. The van der Waals surface area contributed by atoms with Gasteiger partial charge >= 0.3 is 0 Å². The fraction of sp³-hybridized carbons (Fsp3) is 0.0952. The molecule has 4 aromatic rings. The van der Waals surface area contributed by atoms with E-state index in [1.165, 1.54) is 16.2 Å². The number of carbonyl (C=O) groups is 1. The third kappa shape index (κ3) is 4.64. The van der Waals surface area contributed by atoms with Gasteiger partial charge in [0.15, 0.2) is 5.13 Å². The Hall–Kier alpha value is -3.96. The highest BCUT2D eigenvalue weighted by Crippen LogP contribution is 2.35. The number of amides is 1. The zero-order valence-electron chi connectivity index (χ0n) is 17.0. The third-order valence-electron chi connectivity index (χ3n) is 4.78. The topological polar surface area (TPSA) is 132 Å². The fourth-order valence-corrected chi connectivity index (χ4v) is 4.66. The van der Waals surface area contributed by atoms with Crippen LogP contribution >= 0.6 is 22.9 Å². The molecule has 12 heteroatoms. The summed E-state index contributed by atoms with van der Waals surface area (Å²) < 4.78 is 0.757. The van der Waals surface area contributed by atoms with Gasteiger partial charge in [-0.25, -0.2) is 4.98 Å². The molecule has 1 amide bonds. The van der Waals surface area contributed by atoms with Crippen LogP contribution in [0.2, 0.25) is 5.02 Å². The average Bonchev–Trinajstić information content (AvgIpc) is 3.21. The summed E-state index contributed by atoms with van der Waals surface area (Å²) in [6.45, 7) is 1.92. The Morgan fingerprint density at radius 2 is 1.70 bits per heavy atom. The Morgan fingerprint density at radius 3 is 2.30 bits per heavy atom. The fourth-order valence-electron chi connectivity index (χ4n) is 3.24. The van der Waals surface area contributed by atoms with Gasteiger partial charge in [0, 0.05) is 29.5 Å². The van der Waals surface area contributed by atoms with Crippen LogP contribution < -0.4 is 4.90 Å². The predicted molar refractivity (Wildman–Crippen MR) is 124 cm³/mol. The lowest BCUT2D eigenvalue weighted by molar-refractivity contribution is -0.394. The van der Waals surface area contributed by atoms with Crippen LogP contribution in [0.25, 0.3) is 10.2 Å². The van der Waals surface area contributed by atoms with E-state index in [1.54, 1.807) is 36.7 Å². The molecule has 0 unspecified atom stereocenters. The van der Waals surface area contributed by atoms with E-state index in [-0.39, 0.29) is 12.1 Å². The minimum Gasteiger partial charge on any atom is -0.279 e. The quantitative estimate of drug-likeness (QED) is 0.268. The van der Waals surface area contributed by atoms with E-state index in [2.05, 4.69) is 9.97 Å². The molecule has 0 saturated carbocycles. The highest BCUT2D eigenvalue weighted by molar-refractivity contribution is 7.22. The van der Waals surface area contributed by atoms with Crippen molar-refractivity contribution in [2.75, 3.05) is 4.90 Å². The number of benzene rings is 2. The second kappa shape index (κ2) is 8.88. The number of hydrogen-bond donors (Lipinski definition) is 0. The van der Waals surface area contributed by atoms with Gasteiger partial charge in [0.05, 0.1) is 38.2 Å². The van der Waals surface area contributed by atoms with Gasteiger partial charge in [0.1, 0.15) is 0 Å². The first-order chi connectivity index (χ1) is 15.7. The van der Waals surface area contributed by atoms with Crippen LogP contribution in [0.3, 0.4) is 0 Å². The minimum absolute atomic E-state index is 0.0739. The number of halogens is 1. The predicted octanol–water partition coefficient (Wildman–Crippen LogP) is 5.32. The van der Waals surface area contributed by atoms with E-state index in [1.807, 2.05) is 6.92 Å². The SMILES string of the molecule is Cc1cc(Cl)cc2sc(N(Cc3ccncc3)C(=O)c3cc([N+](=O)[O-])cc([N+](=O)[O-])c3)nc12. The molecule has 10 nitrogen and oxygen atoms in total. The molecule has 2 aromatic carbocycles. The first-order valence-corrected chi connectivity index (χ1v) is 10.6. The zero-order chi connectivity index (χ0) is 23.7. The minimum atomic E-state index is -0.778. The van der Waals surface area contributed by atoms with Gasteiger partial charge in [-0.1, -0.05) is 22.9 Å². The molecule has 0 aliphatic carbocycles. The van der Waals surface area contributed by atoms with Crippen molar-refractivity contribution in [3.63, 3.8) is 0 Å². The number of rotatable bonds is 6. The molecule has 166 valence electrons. The van der Waals surface area contributed by atoms with Crippen molar-refractivity contribution < 1.29 is 14.6 Å². The number of nitro groups is 2. The number of hydrogen-bond acceptors (Lipinski definition) is 8. The van der Waals surface area contributed by atoms with Crippen LogP contribution in [0.1, 0.15) is 21.5 Å². The molecular weight excluding hydrogens is 470 g/mol. The molecule has 0 aliphatic heterocycles. The van der Waals surface area contributed by atoms with Crippen molar-refractivity contribution in [3.05, 3.63) is 96.8 Å². The second-order valence-electron chi connectivity index (χ2n) is 7.06. The van der Waals surface area contributed by atoms with Crippen molar-refractivity contribution in [3.8, 4) is 0 Å². The van der Waals surface area contributed by atoms with Crippen LogP contribution in [-0.4, -0.2) is 25.7 Å². The summed E-state index contributed by atoms with van der Waals surface area (Å²) in [5.41, 5.74) is 0.914. The number of thiazole rings is 1. The van der Waals surface area contributed by atoms with E-state index >= 15 is 0 Å². The number of aryl methyl sites for hydroxylation is 1. The highest BCUT2D eigenvalue weighted by Gasteiger charge is 2.26. The van der Waals surface area contributed by atoms with Crippen LogP contribution in [0.15, 0.2) is 54.9 Å². The summed E-state index contributed by atoms with van der Waals surface area (Å²) in [5.74, 6) is -0.665. The van der Waals surface area contributed by atoms with Crippen molar-refractivity contribution in [1.82, 2.24) is 9.97 Å². The largest absolute Gasteiger partial charge is 0.279 e. The summed E-state index contributed by atoms with van der Waals surface area (Å²) in [6, 6.07) is 9.77. The number of nitrogens with zero attached hydrogens (tertiary/aromatic N) is 5. The normalized spacial score (nSPS) is 10.8. The molecule has 0 N–H and O–H groups in total. The van der Waals surface area contributed by atoms with Crippen molar-refractivity contribution in [2.45, 2.75) is 13.5 Å². The average molecular weight is 484 g/mol. The van der Waals surface area contributed by atoms with Crippen molar-refractivity contribution >= 4 is 55.6 Å². The number of nitro benzene ring substituents is 2. The van der Waals surface area contributed by atoms with Gasteiger partial charge in [-0.2, -0.15) is 0 Å². The van der Waals surface area contributed by atoms with Gasteiger partial charge in [-0.05, 0) is 42.3 Å². The van der Waals surface area contributed by atoms with Crippen LogP contribution in [0.4, 0.5) is 16.5 Å². The summed E-state index contributed by atoms with van der Waals surface area (Å²) in [7, 11) is 0. The van der Waals surface area contributed by atoms with E-state index in [0.717, 1.165) is 34.0 Å². The summed E-state index contributed by atoms with van der Waals surface area (Å²) in [6.07, 6.45) is 3.14. The summed E-state index contributed by atoms with van der Waals surface area (Å²) in [4.78, 5) is 44.5. The molecule has 0 radical (unpaired) electrons. The maximum Gasteiger partial charge on any atom is 0.277 e. The zero-order valence-corrected chi connectivity index (χ0v) is 18.5.